The van der Waals surface area contributed by atoms with Gasteiger partial charge in [0.25, 0.3) is 5.91 Å². The second-order valence-corrected chi connectivity index (χ2v) is 8.48. The molecule has 0 unspecified atom stereocenters. The van der Waals surface area contributed by atoms with Gasteiger partial charge in [-0.05, 0) is 42.7 Å². The first-order valence-corrected chi connectivity index (χ1v) is 11.6. The van der Waals surface area contributed by atoms with Crippen molar-refractivity contribution in [3.63, 3.8) is 0 Å². The van der Waals surface area contributed by atoms with E-state index in [0.29, 0.717) is 49.4 Å². The molecule has 34 heavy (non-hydrogen) atoms. The third-order valence-corrected chi connectivity index (χ3v) is 6.49. The minimum absolute atomic E-state index is 0.0776. The van der Waals surface area contributed by atoms with E-state index in [4.69, 9.17) is 24.0 Å². The second-order valence-electron chi connectivity index (χ2n) is 8.48. The Morgan fingerprint density at radius 2 is 1.68 bits per heavy atom. The highest BCUT2D eigenvalue weighted by Gasteiger charge is 2.33. The maximum atomic E-state index is 13.7. The Hall–Kier alpha value is -3.36. The molecule has 3 heterocycles. The second kappa shape index (κ2) is 9.87. The van der Waals surface area contributed by atoms with Crippen molar-refractivity contribution in [2.45, 2.75) is 19.1 Å². The fraction of sp³-hybridized carbons (Fsp3) is 0.385. The van der Waals surface area contributed by atoms with Crippen molar-refractivity contribution in [1.82, 2.24) is 14.7 Å². The van der Waals surface area contributed by atoms with E-state index in [1.165, 1.54) is 0 Å². The van der Waals surface area contributed by atoms with Crippen LogP contribution in [0.1, 0.15) is 23.3 Å². The zero-order valence-corrected chi connectivity index (χ0v) is 19.5. The molecule has 0 atom stereocenters. The summed E-state index contributed by atoms with van der Waals surface area (Å²) in [5.41, 5.74) is 2.89. The lowest BCUT2D eigenvalue weighted by Gasteiger charge is -2.33. The van der Waals surface area contributed by atoms with Gasteiger partial charge in [-0.3, -0.25) is 4.79 Å². The summed E-state index contributed by atoms with van der Waals surface area (Å²) in [7, 11) is 3.20. The number of piperidine rings is 1. The zero-order chi connectivity index (χ0) is 23.5. The summed E-state index contributed by atoms with van der Waals surface area (Å²) in [6.07, 6.45) is 3.46. The first-order valence-electron chi connectivity index (χ1n) is 11.6. The molecule has 178 valence electrons. The maximum Gasteiger partial charge on any atom is 0.275 e. The average Bonchev–Trinajstić information content (AvgIpc) is 3.59. The molecule has 0 N–H and O–H groups in total. The van der Waals surface area contributed by atoms with Gasteiger partial charge in [0, 0.05) is 30.8 Å². The molecule has 8 heteroatoms. The lowest BCUT2D eigenvalue weighted by Crippen LogP contribution is -2.41. The topological polar surface area (TPSA) is 75.1 Å². The van der Waals surface area contributed by atoms with Crippen LogP contribution in [0.2, 0.25) is 0 Å². The van der Waals surface area contributed by atoms with Crippen LogP contribution >= 0.6 is 0 Å². The molecule has 2 aliphatic rings. The highest BCUT2D eigenvalue weighted by molar-refractivity contribution is 5.99. The highest BCUT2D eigenvalue weighted by Crippen LogP contribution is 2.35. The monoisotopic (exact) mass is 463 g/mol. The van der Waals surface area contributed by atoms with Crippen LogP contribution < -0.4 is 9.47 Å². The predicted octanol–water partition coefficient (Wildman–Crippen LogP) is 3.78. The van der Waals surface area contributed by atoms with Crippen molar-refractivity contribution < 1.29 is 23.7 Å². The van der Waals surface area contributed by atoms with Gasteiger partial charge in [-0.2, -0.15) is 5.10 Å². The van der Waals surface area contributed by atoms with Crippen LogP contribution in [0.4, 0.5) is 0 Å². The lowest BCUT2D eigenvalue weighted by molar-refractivity contribution is -0.0956. The number of aromatic nitrogens is 2. The minimum atomic E-state index is -0.142. The third-order valence-electron chi connectivity index (χ3n) is 6.49. The molecule has 2 saturated heterocycles. The number of benzene rings is 2. The normalized spacial score (nSPS) is 17.2. The largest absolute Gasteiger partial charge is 0.493 e. The van der Waals surface area contributed by atoms with Gasteiger partial charge in [0.15, 0.2) is 23.5 Å². The summed E-state index contributed by atoms with van der Waals surface area (Å²) in [5.74, 6) is 1.47. The van der Waals surface area contributed by atoms with Crippen molar-refractivity contribution in [2.24, 2.45) is 5.92 Å². The fourth-order valence-corrected chi connectivity index (χ4v) is 4.63. The molecule has 0 radical (unpaired) electrons. The van der Waals surface area contributed by atoms with Crippen LogP contribution in [0, 0.1) is 5.92 Å². The molecule has 0 aliphatic carbocycles. The Morgan fingerprint density at radius 1 is 0.971 bits per heavy atom. The predicted molar refractivity (Wildman–Crippen MR) is 126 cm³/mol. The van der Waals surface area contributed by atoms with Crippen LogP contribution in [0.5, 0.6) is 11.5 Å². The summed E-state index contributed by atoms with van der Waals surface area (Å²) in [4.78, 5) is 15.6. The number of nitrogens with zero attached hydrogens (tertiary/aromatic N) is 3. The Morgan fingerprint density at radius 3 is 2.35 bits per heavy atom. The van der Waals surface area contributed by atoms with E-state index in [0.717, 1.165) is 29.7 Å². The van der Waals surface area contributed by atoms with Gasteiger partial charge in [0.1, 0.15) is 0 Å². The van der Waals surface area contributed by atoms with Crippen LogP contribution in [0.15, 0.2) is 54.7 Å². The van der Waals surface area contributed by atoms with Crippen molar-refractivity contribution >= 4 is 5.91 Å². The van der Waals surface area contributed by atoms with Crippen molar-refractivity contribution in [3.05, 3.63) is 60.4 Å². The van der Waals surface area contributed by atoms with E-state index in [1.807, 2.05) is 59.6 Å². The molecule has 1 aromatic heterocycles. The molecular formula is C26H29N3O5. The van der Waals surface area contributed by atoms with E-state index in [9.17, 15) is 4.79 Å². The Bertz CT molecular complexity index is 1130. The molecule has 8 nitrogen and oxygen atoms in total. The Labute approximate surface area is 199 Å². The number of para-hydroxylation sites is 1. The van der Waals surface area contributed by atoms with Crippen LogP contribution in [-0.4, -0.2) is 67.4 Å². The molecule has 2 fully saturated rings. The number of methoxy groups -OCH3 is 2. The molecule has 3 aromatic rings. The van der Waals surface area contributed by atoms with Gasteiger partial charge in [-0.1, -0.05) is 24.3 Å². The van der Waals surface area contributed by atoms with E-state index in [1.54, 1.807) is 18.9 Å². The van der Waals surface area contributed by atoms with Crippen LogP contribution in [-0.2, 0) is 9.47 Å². The third kappa shape index (κ3) is 4.38. The van der Waals surface area contributed by atoms with Gasteiger partial charge < -0.3 is 23.8 Å². The van der Waals surface area contributed by atoms with Gasteiger partial charge in [-0.15, -0.1) is 0 Å². The highest BCUT2D eigenvalue weighted by atomic mass is 16.7. The number of carbonyl (C=O) groups is 1. The standard InChI is InChI=1S/C26H29N3O5/c1-31-22-9-8-19(16-23(22)32-2)21-17-29(20-6-4-3-5-7-20)27-24(21)25(30)28-12-10-18(11-13-28)26-33-14-15-34-26/h3-9,16-18,26H,10-15H2,1-2H3. The van der Waals surface area contributed by atoms with Crippen molar-refractivity contribution in [1.29, 1.82) is 0 Å². The first kappa shape index (κ1) is 22.4. The molecule has 5 rings (SSSR count). The van der Waals surface area contributed by atoms with Gasteiger partial charge in [-0.25, -0.2) is 4.68 Å². The quantitative estimate of drug-likeness (QED) is 0.554. The fourth-order valence-electron chi connectivity index (χ4n) is 4.63. The van der Waals surface area contributed by atoms with Gasteiger partial charge in [0.2, 0.25) is 0 Å². The number of likely N-dealkylation sites (tertiary alicyclic amines) is 1. The van der Waals surface area contributed by atoms with E-state index < -0.39 is 0 Å². The molecule has 0 spiro atoms. The smallest absolute Gasteiger partial charge is 0.275 e. The molecular weight excluding hydrogens is 434 g/mol. The Balaban J connectivity index is 1.46. The van der Waals surface area contributed by atoms with Gasteiger partial charge >= 0.3 is 0 Å². The SMILES string of the molecule is COc1ccc(-c2cn(-c3ccccc3)nc2C(=O)N2CCC(C3OCCO3)CC2)cc1OC. The van der Waals surface area contributed by atoms with Crippen LogP contribution in [0.3, 0.4) is 0 Å². The van der Waals surface area contributed by atoms with E-state index in [-0.39, 0.29) is 12.2 Å². The summed E-state index contributed by atoms with van der Waals surface area (Å²) in [5, 5.41) is 4.73. The molecule has 1 amide bonds. The van der Waals surface area contributed by atoms with Crippen molar-refractivity contribution in [3.8, 4) is 28.3 Å². The summed E-state index contributed by atoms with van der Waals surface area (Å²) in [6.45, 7) is 2.59. The Kier molecular flexibility index (Phi) is 6.51. The number of amides is 1. The number of rotatable bonds is 6. The number of hydrogen-bond acceptors (Lipinski definition) is 6. The summed E-state index contributed by atoms with van der Waals surface area (Å²) in [6, 6.07) is 15.4. The van der Waals surface area contributed by atoms with Crippen LogP contribution in [0.25, 0.3) is 16.8 Å². The molecule has 0 bridgehead atoms. The minimum Gasteiger partial charge on any atom is -0.493 e. The maximum absolute atomic E-state index is 13.7. The molecule has 2 aromatic carbocycles. The van der Waals surface area contributed by atoms with Crippen molar-refractivity contribution in [2.75, 3.05) is 40.5 Å². The number of hydrogen-bond donors (Lipinski definition) is 0. The average molecular weight is 464 g/mol. The van der Waals surface area contributed by atoms with E-state index in [2.05, 4.69) is 0 Å². The number of carbonyl (C=O) groups excluding carboxylic acids is 1. The van der Waals surface area contributed by atoms with Gasteiger partial charge in [0.05, 0.1) is 33.1 Å². The first-order chi connectivity index (χ1) is 16.7. The molecule has 2 aliphatic heterocycles. The van der Waals surface area contributed by atoms with E-state index >= 15 is 0 Å². The summed E-state index contributed by atoms with van der Waals surface area (Å²) < 4.78 is 24.0. The number of ether oxygens (including phenoxy) is 4. The lowest BCUT2D eigenvalue weighted by atomic mass is 9.95. The zero-order valence-electron chi connectivity index (χ0n) is 19.5. The molecule has 0 saturated carbocycles. The summed E-state index contributed by atoms with van der Waals surface area (Å²) >= 11 is 0.